The maximum absolute atomic E-state index is 6.25. The topological polar surface area (TPSA) is 12.0 Å². The van der Waals surface area contributed by atoms with Crippen LogP contribution in [0.2, 0.25) is 10.0 Å². The highest BCUT2D eigenvalue weighted by Crippen LogP contribution is 2.28. The lowest BCUT2D eigenvalue weighted by molar-refractivity contribution is 0.421. The third kappa shape index (κ3) is 6.16. The van der Waals surface area contributed by atoms with Gasteiger partial charge >= 0.3 is 0 Å². The van der Waals surface area contributed by atoms with Gasteiger partial charge in [-0.2, -0.15) is 0 Å². The van der Waals surface area contributed by atoms with Crippen molar-refractivity contribution in [2.24, 2.45) is 11.8 Å². The Hall–Kier alpha value is -0.240. The molecule has 0 aliphatic heterocycles. The maximum Gasteiger partial charge on any atom is 0.0452 e. The molecule has 0 aliphatic carbocycles. The molecule has 1 nitrogen and oxygen atoms in total. The molecule has 0 spiro atoms. The number of halogens is 2. The molecule has 0 heterocycles. The molecule has 1 rings (SSSR count). The Bertz CT molecular complexity index is 357. The molecule has 1 aromatic rings. The average molecular weight is 302 g/mol. The van der Waals surface area contributed by atoms with Crippen molar-refractivity contribution in [2.75, 3.05) is 13.1 Å². The van der Waals surface area contributed by atoms with Crippen molar-refractivity contribution in [1.29, 1.82) is 0 Å². The van der Waals surface area contributed by atoms with E-state index < -0.39 is 0 Å². The molecule has 0 fully saturated rings. The zero-order valence-corrected chi connectivity index (χ0v) is 13.7. The second kappa shape index (κ2) is 8.84. The molecule has 1 aromatic carbocycles. The highest BCUT2D eigenvalue weighted by molar-refractivity contribution is 6.35. The Kier molecular flexibility index (Phi) is 7.82. The van der Waals surface area contributed by atoms with Crippen molar-refractivity contribution in [3.8, 4) is 0 Å². The zero-order valence-electron chi connectivity index (χ0n) is 12.2. The summed E-state index contributed by atoms with van der Waals surface area (Å²) in [5.41, 5.74) is 1.09. The van der Waals surface area contributed by atoms with Crippen LogP contribution in [0.1, 0.15) is 39.2 Å². The Labute approximate surface area is 127 Å². The van der Waals surface area contributed by atoms with E-state index in [2.05, 4.69) is 26.1 Å². The molecule has 3 heteroatoms. The van der Waals surface area contributed by atoms with Gasteiger partial charge in [0, 0.05) is 10.0 Å². The van der Waals surface area contributed by atoms with Gasteiger partial charge in [0.25, 0.3) is 0 Å². The molecule has 0 amide bonds. The zero-order chi connectivity index (χ0) is 14.3. The molecule has 0 saturated carbocycles. The van der Waals surface area contributed by atoms with Crippen molar-refractivity contribution in [3.05, 3.63) is 33.8 Å². The fraction of sp³-hybridized carbons (Fsp3) is 0.625. The van der Waals surface area contributed by atoms with E-state index in [1.807, 2.05) is 18.2 Å². The fourth-order valence-electron chi connectivity index (χ4n) is 2.28. The molecule has 0 aromatic heterocycles. The molecule has 0 radical (unpaired) electrons. The number of hydrogen-bond donors (Lipinski definition) is 1. The lowest BCUT2D eigenvalue weighted by atomic mass is 9.94. The van der Waals surface area contributed by atoms with Gasteiger partial charge in [-0.15, -0.1) is 0 Å². The normalized spacial score (nSPS) is 12.9. The first-order valence-electron chi connectivity index (χ1n) is 7.18. The Morgan fingerprint density at radius 2 is 1.74 bits per heavy atom. The average Bonchev–Trinajstić information content (AvgIpc) is 2.33. The van der Waals surface area contributed by atoms with Gasteiger partial charge < -0.3 is 5.32 Å². The van der Waals surface area contributed by atoms with Crippen molar-refractivity contribution in [3.63, 3.8) is 0 Å². The van der Waals surface area contributed by atoms with Gasteiger partial charge in [-0.1, -0.05) is 56.5 Å². The summed E-state index contributed by atoms with van der Waals surface area (Å²) in [4.78, 5) is 0. The van der Waals surface area contributed by atoms with Crippen LogP contribution in [0, 0.1) is 11.8 Å². The second-order valence-electron chi connectivity index (χ2n) is 5.61. The largest absolute Gasteiger partial charge is 0.316 e. The van der Waals surface area contributed by atoms with E-state index in [9.17, 15) is 0 Å². The molecule has 1 N–H and O–H groups in total. The highest BCUT2D eigenvalue weighted by atomic mass is 35.5. The van der Waals surface area contributed by atoms with Crippen LogP contribution < -0.4 is 5.32 Å². The predicted molar refractivity (Wildman–Crippen MR) is 86.3 cm³/mol. The second-order valence-corrected chi connectivity index (χ2v) is 6.43. The van der Waals surface area contributed by atoms with E-state index in [4.69, 9.17) is 23.2 Å². The first kappa shape index (κ1) is 16.8. The quantitative estimate of drug-likeness (QED) is 0.696. The third-order valence-electron chi connectivity index (χ3n) is 3.24. The van der Waals surface area contributed by atoms with E-state index in [0.717, 1.165) is 35.1 Å². The molecule has 19 heavy (non-hydrogen) atoms. The van der Waals surface area contributed by atoms with Crippen molar-refractivity contribution < 1.29 is 0 Å². The molecule has 1 atom stereocenters. The predicted octanol–water partition coefficient (Wildman–Crippen LogP) is 5.20. The Morgan fingerprint density at radius 3 is 2.26 bits per heavy atom. The SMILES string of the molecule is CCCC(CNCC(C)C)Cc1c(Cl)cccc1Cl. The monoisotopic (exact) mass is 301 g/mol. The number of hydrogen-bond acceptors (Lipinski definition) is 1. The third-order valence-corrected chi connectivity index (χ3v) is 3.95. The first-order chi connectivity index (χ1) is 9.04. The highest BCUT2D eigenvalue weighted by Gasteiger charge is 2.13. The van der Waals surface area contributed by atoms with Gasteiger partial charge in [0.15, 0.2) is 0 Å². The first-order valence-corrected chi connectivity index (χ1v) is 7.93. The van der Waals surface area contributed by atoms with Crippen molar-refractivity contribution in [2.45, 2.75) is 40.0 Å². The Balaban J connectivity index is 2.62. The molecule has 0 aliphatic rings. The van der Waals surface area contributed by atoms with E-state index in [1.165, 1.54) is 12.8 Å². The summed E-state index contributed by atoms with van der Waals surface area (Å²) >= 11 is 12.5. The van der Waals surface area contributed by atoms with E-state index in [-0.39, 0.29) is 0 Å². The molecule has 108 valence electrons. The number of rotatable bonds is 8. The van der Waals surface area contributed by atoms with Crippen molar-refractivity contribution in [1.82, 2.24) is 5.32 Å². The summed E-state index contributed by atoms with van der Waals surface area (Å²) in [5, 5.41) is 5.12. The maximum atomic E-state index is 6.25. The molecule has 1 unspecified atom stereocenters. The minimum atomic E-state index is 0.598. The van der Waals surface area contributed by atoms with Gasteiger partial charge in [0.1, 0.15) is 0 Å². The lowest BCUT2D eigenvalue weighted by Gasteiger charge is -2.19. The summed E-state index contributed by atoms with van der Waals surface area (Å²) in [6, 6.07) is 5.75. The molecular weight excluding hydrogens is 277 g/mol. The summed E-state index contributed by atoms with van der Waals surface area (Å²) in [5.74, 6) is 1.28. The summed E-state index contributed by atoms with van der Waals surface area (Å²) in [6.45, 7) is 8.78. The van der Waals surface area contributed by atoms with Gasteiger partial charge in [-0.25, -0.2) is 0 Å². The van der Waals surface area contributed by atoms with E-state index >= 15 is 0 Å². The van der Waals surface area contributed by atoms with Crippen LogP contribution in [-0.2, 0) is 6.42 Å². The van der Waals surface area contributed by atoms with Gasteiger partial charge in [0.2, 0.25) is 0 Å². The van der Waals surface area contributed by atoms with Crippen molar-refractivity contribution >= 4 is 23.2 Å². The lowest BCUT2D eigenvalue weighted by Crippen LogP contribution is -2.27. The van der Waals surface area contributed by atoms with Crippen LogP contribution in [-0.4, -0.2) is 13.1 Å². The molecule has 0 saturated heterocycles. The number of nitrogens with one attached hydrogen (secondary N) is 1. The molecular formula is C16H25Cl2N. The summed E-state index contributed by atoms with van der Waals surface area (Å²) < 4.78 is 0. The van der Waals surface area contributed by atoms with E-state index in [1.54, 1.807) is 0 Å². The van der Waals surface area contributed by atoms with Crippen LogP contribution >= 0.6 is 23.2 Å². The van der Waals surface area contributed by atoms with Crippen LogP contribution in [0.3, 0.4) is 0 Å². The minimum absolute atomic E-state index is 0.598. The van der Waals surface area contributed by atoms with Crippen LogP contribution in [0.5, 0.6) is 0 Å². The number of benzene rings is 1. The minimum Gasteiger partial charge on any atom is -0.316 e. The summed E-state index contributed by atoms with van der Waals surface area (Å²) in [7, 11) is 0. The van der Waals surface area contributed by atoms with Crippen LogP contribution in [0.15, 0.2) is 18.2 Å². The van der Waals surface area contributed by atoms with E-state index in [0.29, 0.717) is 11.8 Å². The molecule has 0 bridgehead atoms. The summed E-state index contributed by atoms with van der Waals surface area (Å²) in [6.07, 6.45) is 3.35. The van der Waals surface area contributed by atoms with Gasteiger partial charge in [0.05, 0.1) is 0 Å². The van der Waals surface area contributed by atoms with Crippen LogP contribution in [0.25, 0.3) is 0 Å². The van der Waals surface area contributed by atoms with Crippen LogP contribution in [0.4, 0.5) is 0 Å². The standard InChI is InChI=1S/C16H25Cl2N/c1-4-6-13(11-19-10-12(2)3)9-14-15(17)7-5-8-16(14)18/h5,7-8,12-13,19H,4,6,9-11H2,1-3H3. The fourth-order valence-corrected chi connectivity index (χ4v) is 2.83. The van der Waals surface area contributed by atoms with Gasteiger partial charge in [-0.05, 0) is 55.5 Å². The Morgan fingerprint density at radius 1 is 1.11 bits per heavy atom. The van der Waals surface area contributed by atoms with Gasteiger partial charge in [-0.3, -0.25) is 0 Å². The smallest absolute Gasteiger partial charge is 0.0452 e.